The lowest BCUT2D eigenvalue weighted by atomic mass is 10.0. The molecule has 0 fully saturated rings. The number of carbonyl (C=O) groups excluding carboxylic acids is 1. The lowest BCUT2D eigenvalue weighted by Gasteiger charge is -2.18. The van der Waals surface area contributed by atoms with Crippen molar-refractivity contribution >= 4 is 29.3 Å². The number of aliphatic carboxylic acids is 1. The maximum atomic E-state index is 11.8. The number of anilines is 1. The number of methoxy groups -OCH3 is 1. The number of carboxylic acids is 1. The Hall–Kier alpha value is -1.95. The van der Waals surface area contributed by atoms with Crippen molar-refractivity contribution in [2.24, 2.45) is 5.92 Å². The Morgan fingerprint density at radius 1 is 1.35 bits per heavy atom. The highest BCUT2D eigenvalue weighted by molar-refractivity contribution is 6.33. The molecule has 2 atom stereocenters. The van der Waals surface area contributed by atoms with Crippen molar-refractivity contribution < 1.29 is 19.4 Å². The quantitative estimate of drug-likeness (QED) is 0.780. The number of ether oxygens (including phenoxy) is 1. The van der Waals surface area contributed by atoms with Crippen molar-refractivity contribution in [3.05, 3.63) is 23.2 Å². The Balaban J connectivity index is 2.69. The van der Waals surface area contributed by atoms with Crippen molar-refractivity contribution in [3.63, 3.8) is 0 Å². The van der Waals surface area contributed by atoms with Crippen LogP contribution in [0.15, 0.2) is 18.2 Å². The number of hydrogen-bond acceptors (Lipinski definition) is 3. The largest absolute Gasteiger partial charge is 0.497 e. The summed E-state index contributed by atoms with van der Waals surface area (Å²) in [7, 11) is 1.50. The topological polar surface area (TPSA) is 87.7 Å². The van der Waals surface area contributed by atoms with Crippen molar-refractivity contribution in [1.29, 1.82) is 0 Å². The Morgan fingerprint density at radius 3 is 2.55 bits per heavy atom. The lowest BCUT2D eigenvalue weighted by molar-refractivity contribution is -0.141. The van der Waals surface area contributed by atoms with E-state index in [0.717, 1.165) is 0 Å². The van der Waals surface area contributed by atoms with Gasteiger partial charge in [0.2, 0.25) is 0 Å². The van der Waals surface area contributed by atoms with Crippen LogP contribution in [0, 0.1) is 5.92 Å². The van der Waals surface area contributed by atoms with E-state index in [9.17, 15) is 9.59 Å². The zero-order chi connectivity index (χ0) is 15.3. The fourth-order valence-electron chi connectivity index (χ4n) is 1.43. The minimum atomic E-state index is -0.975. The second-order valence-corrected chi connectivity index (χ2v) is 4.77. The zero-order valence-electron chi connectivity index (χ0n) is 11.4. The van der Waals surface area contributed by atoms with Crippen molar-refractivity contribution in [2.45, 2.75) is 19.9 Å². The second kappa shape index (κ2) is 7.00. The van der Waals surface area contributed by atoms with Gasteiger partial charge in [0.05, 0.1) is 23.7 Å². The summed E-state index contributed by atoms with van der Waals surface area (Å²) in [6.07, 6.45) is 0. The number of carbonyl (C=O) groups is 2. The van der Waals surface area contributed by atoms with Crippen LogP contribution in [0.3, 0.4) is 0 Å². The van der Waals surface area contributed by atoms with Crippen LogP contribution in [-0.4, -0.2) is 30.3 Å². The first-order valence-corrected chi connectivity index (χ1v) is 6.36. The number of hydrogen-bond donors (Lipinski definition) is 3. The molecule has 0 saturated carbocycles. The molecule has 0 saturated heterocycles. The van der Waals surface area contributed by atoms with Gasteiger partial charge in [0.1, 0.15) is 5.75 Å². The van der Waals surface area contributed by atoms with Gasteiger partial charge in [0.15, 0.2) is 0 Å². The van der Waals surface area contributed by atoms with Gasteiger partial charge in [-0.25, -0.2) is 4.79 Å². The summed E-state index contributed by atoms with van der Waals surface area (Å²) in [6, 6.07) is 3.80. The van der Waals surface area contributed by atoms with Crippen LogP contribution in [0.1, 0.15) is 13.8 Å². The predicted octanol–water partition coefficient (Wildman–Crippen LogP) is 2.58. The van der Waals surface area contributed by atoms with E-state index in [2.05, 4.69) is 10.6 Å². The molecule has 1 aromatic rings. The number of benzene rings is 1. The molecule has 0 bridgehead atoms. The van der Waals surface area contributed by atoms with Gasteiger partial charge in [-0.15, -0.1) is 0 Å². The average molecular weight is 301 g/mol. The van der Waals surface area contributed by atoms with E-state index in [1.54, 1.807) is 25.1 Å². The molecular formula is C13H17ClN2O4. The van der Waals surface area contributed by atoms with E-state index in [1.807, 2.05) is 0 Å². The van der Waals surface area contributed by atoms with Gasteiger partial charge in [-0.05, 0) is 26.0 Å². The molecule has 7 heteroatoms. The van der Waals surface area contributed by atoms with E-state index in [4.69, 9.17) is 21.4 Å². The van der Waals surface area contributed by atoms with E-state index in [-0.39, 0.29) is 0 Å². The van der Waals surface area contributed by atoms with E-state index in [1.165, 1.54) is 14.0 Å². The molecule has 2 unspecified atom stereocenters. The number of carboxylic acid groups (broad SMARTS) is 1. The van der Waals surface area contributed by atoms with Crippen LogP contribution in [0.2, 0.25) is 5.02 Å². The number of halogens is 1. The molecule has 0 radical (unpaired) electrons. The number of urea groups is 1. The molecule has 1 rings (SSSR count). The first-order chi connectivity index (χ1) is 9.35. The molecule has 6 nitrogen and oxygen atoms in total. The van der Waals surface area contributed by atoms with Gasteiger partial charge >= 0.3 is 12.0 Å². The van der Waals surface area contributed by atoms with Gasteiger partial charge in [0, 0.05) is 12.1 Å². The van der Waals surface area contributed by atoms with E-state index < -0.39 is 24.0 Å². The van der Waals surface area contributed by atoms with Crippen LogP contribution < -0.4 is 15.4 Å². The summed E-state index contributed by atoms with van der Waals surface area (Å²) < 4.78 is 5.03. The number of nitrogens with one attached hydrogen (secondary N) is 2. The third kappa shape index (κ3) is 4.31. The molecule has 20 heavy (non-hydrogen) atoms. The predicted molar refractivity (Wildman–Crippen MR) is 76.4 cm³/mol. The minimum Gasteiger partial charge on any atom is -0.497 e. The molecule has 0 spiro atoms. The Bertz CT molecular complexity index is 507. The summed E-state index contributed by atoms with van der Waals surface area (Å²) in [5.74, 6) is -1.12. The molecule has 2 amide bonds. The molecule has 3 N–H and O–H groups in total. The molecule has 110 valence electrons. The van der Waals surface area contributed by atoms with Gasteiger partial charge in [-0.3, -0.25) is 4.79 Å². The van der Waals surface area contributed by atoms with E-state index >= 15 is 0 Å². The summed E-state index contributed by atoms with van der Waals surface area (Å²) in [5, 5.41) is 14.3. The normalized spacial score (nSPS) is 13.2. The van der Waals surface area contributed by atoms with Crippen molar-refractivity contribution in [2.75, 3.05) is 12.4 Å². The van der Waals surface area contributed by atoms with Crippen LogP contribution in [0.25, 0.3) is 0 Å². The number of rotatable bonds is 5. The molecule has 1 aromatic carbocycles. The number of amides is 2. The van der Waals surface area contributed by atoms with Crippen molar-refractivity contribution in [1.82, 2.24) is 5.32 Å². The SMILES string of the molecule is COc1ccc(Cl)c(NC(=O)NC(C)C(C)C(=O)O)c1. The Labute approximate surface area is 122 Å². The Kier molecular flexibility index (Phi) is 5.64. The van der Waals surface area contributed by atoms with Crippen molar-refractivity contribution in [3.8, 4) is 5.75 Å². The molecule has 0 heterocycles. The maximum absolute atomic E-state index is 11.8. The highest BCUT2D eigenvalue weighted by atomic mass is 35.5. The van der Waals surface area contributed by atoms with Gasteiger partial charge < -0.3 is 20.5 Å². The smallest absolute Gasteiger partial charge is 0.319 e. The monoisotopic (exact) mass is 300 g/mol. The van der Waals surface area contributed by atoms with Gasteiger partial charge in [-0.2, -0.15) is 0 Å². The highest BCUT2D eigenvalue weighted by Gasteiger charge is 2.21. The molecule has 0 aliphatic heterocycles. The third-order valence-electron chi connectivity index (χ3n) is 2.92. The van der Waals surface area contributed by atoms with Crippen LogP contribution in [0.4, 0.5) is 10.5 Å². The van der Waals surface area contributed by atoms with Crippen LogP contribution >= 0.6 is 11.6 Å². The van der Waals surface area contributed by atoms with E-state index in [0.29, 0.717) is 16.5 Å². The lowest BCUT2D eigenvalue weighted by Crippen LogP contribution is -2.42. The fraction of sp³-hybridized carbons (Fsp3) is 0.385. The minimum absolute atomic E-state index is 0.361. The standard InChI is InChI=1S/C13H17ClN2O4/c1-7(12(17)18)8(2)15-13(19)16-11-6-9(20-3)4-5-10(11)14/h4-8H,1-3H3,(H,17,18)(H2,15,16,19). The van der Waals surface area contributed by atoms with Crippen LogP contribution in [-0.2, 0) is 4.79 Å². The average Bonchev–Trinajstić information content (AvgIpc) is 2.40. The third-order valence-corrected chi connectivity index (χ3v) is 3.25. The molecule has 0 aliphatic carbocycles. The Morgan fingerprint density at radius 2 is 2.00 bits per heavy atom. The summed E-state index contributed by atoms with van der Waals surface area (Å²) in [4.78, 5) is 22.6. The summed E-state index contributed by atoms with van der Waals surface area (Å²) >= 11 is 5.95. The summed E-state index contributed by atoms with van der Waals surface area (Å²) in [5.41, 5.74) is 0.388. The first kappa shape index (κ1) is 16.1. The molecular weight excluding hydrogens is 284 g/mol. The molecule has 0 aliphatic rings. The highest BCUT2D eigenvalue weighted by Crippen LogP contribution is 2.26. The molecule has 0 aromatic heterocycles. The maximum Gasteiger partial charge on any atom is 0.319 e. The van der Waals surface area contributed by atoms with Crippen LogP contribution in [0.5, 0.6) is 5.75 Å². The fourth-order valence-corrected chi connectivity index (χ4v) is 1.60. The second-order valence-electron chi connectivity index (χ2n) is 4.36. The van der Waals surface area contributed by atoms with Gasteiger partial charge in [-0.1, -0.05) is 11.6 Å². The van der Waals surface area contributed by atoms with Gasteiger partial charge in [0.25, 0.3) is 0 Å². The first-order valence-electron chi connectivity index (χ1n) is 5.99. The zero-order valence-corrected chi connectivity index (χ0v) is 12.2. The summed E-state index contributed by atoms with van der Waals surface area (Å²) in [6.45, 7) is 3.14.